The van der Waals surface area contributed by atoms with E-state index in [0.29, 0.717) is 31.4 Å². The number of benzene rings is 3. The molecule has 9 heteroatoms. The van der Waals surface area contributed by atoms with Crippen LogP contribution < -0.4 is 15.5 Å². The Kier molecular flexibility index (Phi) is 8.46. The summed E-state index contributed by atoms with van der Waals surface area (Å²) in [4.78, 5) is 25.2. The van der Waals surface area contributed by atoms with Gasteiger partial charge in [-0.25, -0.2) is 9.18 Å². The van der Waals surface area contributed by atoms with Crippen molar-refractivity contribution in [3.63, 3.8) is 0 Å². The van der Waals surface area contributed by atoms with Crippen molar-refractivity contribution in [3.8, 4) is 11.1 Å². The average Bonchev–Trinajstić information content (AvgIpc) is 2.83. The third-order valence-corrected chi connectivity index (χ3v) is 5.43. The Balaban J connectivity index is 1.48. The lowest BCUT2D eigenvalue weighted by Crippen LogP contribution is -2.39. The highest BCUT2D eigenvalue weighted by atomic mass is 19.4. The highest BCUT2D eigenvalue weighted by molar-refractivity contribution is 5.90. The predicted molar refractivity (Wildman–Crippen MR) is 128 cm³/mol. The largest absolute Gasteiger partial charge is 0.416 e. The summed E-state index contributed by atoms with van der Waals surface area (Å²) in [5.41, 5.74) is 1.43. The molecule has 3 aromatic carbocycles. The molecule has 0 bridgehead atoms. The average molecular weight is 487 g/mol. The van der Waals surface area contributed by atoms with E-state index >= 15 is 0 Å². The summed E-state index contributed by atoms with van der Waals surface area (Å²) in [6.07, 6.45) is -3.09. The third kappa shape index (κ3) is 7.30. The zero-order valence-corrected chi connectivity index (χ0v) is 19.0. The van der Waals surface area contributed by atoms with E-state index in [1.54, 1.807) is 18.0 Å². The van der Waals surface area contributed by atoms with Gasteiger partial charge in [0.25, 0.3) is 0 Å². The number of anilines is 2. The maximum Gasteiger partial charge on any atom is 0.416 e. The fourth-order valence-electron chi connectivity index (χ4n) is 3.55. The van der Waals surface area contributed by atoms with Gasteiger partial charge in [0.1, 0.15) is 12.1 Å². The van der Waals surface area contributed by atoms with Crippen LogP contribution in [0.4, 0.5) is 33.7 Å². The molecule has 5 nitrogen and oxygen atoms in total. The Labute approximate surface area is 200 Å². The standard InChI is InChI=1S/C26H25F4N3O2/c1-33(24-14-9-19(16-23(24)27)18-6-3-2-4-7-18)15-5-8-22(17-34)32-25(35)31-21-12-10-20(11-13-21)26(28,29)30/h2-4,6-7,9-14,16-17,22H,5,8,15H2,1H3,(H2,31,32,35). The normalized spacial score (nSPS) is 12.0. The first kappa shape index (κ1) is 25.7. The number of amides is 2. The molecule has 0 fully saturated rings. The summed E-state index contributed by atoms with van der Waals surface area (Å²) in [5, 5.41) is 4.88. The lowest BCUT2D eigenvalue weighted by Gasteiger charge is -2.21. The summed E-state index contributed by atoms with van der Waals surface area (Å²) in [5.74, 6) is -0.366. The maximum atomic E-state index is 14.7. The number of halogens is 4. The molecule has 35 heavy (non-hydrogen) atoms. The van der Waals surface area contributed by atoms with Crippen LogP contribution in [0, 0.1) is 5.82 Å². The molecular formula is C26H25F4N3O2. The van der Waals surface area contributed by atoms with E-state index in [2.05, 4.69) is 10.6 Å². The van der Waals surface area contributed by atoms with Gasteiger partial charge < -0.3 is 20.3 Å². The van der Waals surface area contributed by atoms with E-state index in [1.807, 2.05) is 36.4 Å². The van der Waals surface area contributed by atoms with Crippen molar-refractivity contribution in [1.82, 2.24) is 5.32 Å². The molecular weight excluding hydrogens is 462 g/mol. The smallest absolute Gasteiger partial charge is 0.372 e. The molecule has 0 aliphatic carbocycles. The van der Waals surface area contributed by atoms with Crippen molar-refractivity contribution in [1.29, 1.82) is 0 Å². The number of hydrogen-bond acceptors (Lipinski definition) is 3. The van der Waals surface area contributed by atoms with Crippen LogP contribution >= 0.6 is 0 Å². The summed E-state index contributed by atoms with van der Waals surface area (Å²) in [6, 6.07) is 16.9. The number of urea groups is 1. The fourth-order valence-corrected chi connectivity index (χ4v) is 3.55. The molecule has 0 radical (unpaired) electrons. The second-order valence-corrected chi connectivity index (χ2v) is 8.01. The minimum atomic E-state index is -4.47. The Morgan fingerprint density at radius 3 is 2.29 bits per heavy atom. The van der Waals surface area contributed by atoms with Gasteiger partial charge >= 0.3 is 12.2 Å². The number of rotatable bonds is 9. The van der Waals surface area contributed by atoms with E-state index in [1.165, 1.54) is 6.07 Å². The van der Waals surface area contributed by atoms with Crippen LogP contribution in [0.5, 0.6) is 0 Å². The summed E-state index contributed by atoms with van der Waals surface area (Å²) in [7, 11) is 1.74. The van der Waals surface area contributed by atoms with Gasteiger partial charge in [-0.1, -0.05) is 36.4 Å². The molecule has 2 N–H and O–H groups in total. The molecule has 0 spiro atoms. The monoisotopic (exact) mass is 487 g/mol. The minimum Gasteiger partial charge on any atom is -0.372 e. The Morgan fingerprint density at radius 1 is 1.00 bits per heavy atom. The van der Waals surface area contributed by atoms with Gasteiger partial charge in [0.2, 0.25) is 0 Å². The molecule has 0 saturated heterocycles. The Bertz CT molecular complexity index is 1140. The summed E-state index contributed by atoms with van der Waals surface area (Å²) >= 11 is 0. The van der Waals surface area contributed by atoms with Crippen molar-refractivity contribution >= 4 is 23.7 Å². The summed E-state index contributed by atoms with van der Waals surface area (Å²) in [6.45, 7) is 0.439. The van der Waals surface area contributed by atoms with Gasteiger partial charge in [-0.15, -0.1) is 0 Å². The SMILES string of the molecule is CN(CCCC(C=O)NC(=O)Nc1ccc(C(F)(F)F)cc1)c1ccc(-c2ccccc2)cc1F. The molecule has 0 aromatic heterocycles. The number of aldehydes is 1. The molecule has 3 aromatic rings. The molecule has 2 amide bonds. The van der Waals surface area contributed by atoms with E-state index < -0.39 is 23.8 Å². The molecule has 0 saturated carbocycles. The minimum absolute atomic E-state index is 0.161. The van der Waals surface area contributed by atoms with Gasteiger partial charge in [0.15, 0.2) is 0 Å². The molecule has 1 atom stereocenters. The molecule has 0 aliphatic rings. The zero-order valence-electron chi connectivity index (χ0n) is 19.0. The first-order valence-electron chi connectivity index (χ1n) is 10.9. The van der Waals surface area contributed by atoms with Crippen molar-refractivity contribution in [2.45, 2.75) is 25.1 Å². The third-order valence-electron chi connectivity index (χ3n) is 5.43. The second-order valence-electron chi connectivity index (χ2n) is 8.01. The van der Waals surface area contributed by atoms with Crippen molar-refractivity contribution in [2.75, 3.05) is 23.8 Å². The lowest BCUT2D eigenvalue weighted by atomic mass is 10.0. The molecule has 0 heterocycles. The van der Waals surface area contributed by atoms with Crippen LogP contribution in [0.15, 0.2) is 72.8 Å². The first-order chi connectivity index (χ1) is 16.7. The zero-order chi connectivity index (χ0) is 25.4. The predicted octanol–water partition coefficient (Wildman–Crippen LogP) is 6.12. The lowest BCUT2D eigenvalue weighted by molar-refractivity contribution is -0.137. The van der Waals surface area contributed by atoms with E-state index in [0.717, 1.165) is 35.4 Å². The highest BCUT2D eigenvalue weighted by Gasteiger charge is 2.30. The Hall–Kier alpha value is -3.88. The van der Waals surface area contributed by atoms with E-state index in [-0.39, 0.29) is 11.5 Å². The summed E-state index contributed by atoms with van der Waals surface area (Å²) < 4.78 is 52.6. The molecule has 184 valence electrons. The van der Waals surface area contributed by atoms with Crippen molar-refractivity contribution in [2.24, 2.45) is 0 Å². The topological polar surface area (TPSA) is 61.4 Å². The number of alkyl halides is 3. The number of nitrogens with one attached hydrogen (secondary N) is 2. The number of carbonyl (C=O) groups is 2. The number of nitrogens with zero attached hydrogens (tertiary/aromatic N) is 1. The fraction of sp³-hybridized carbons (Fsp3) is 0.231. The van der Waals surface area contributed by atoms with Crippen LogP contribution in [0.2, 0.25) is 0 Å². The van der Waals surface area contributed by atoms with Crippen LogP contribution in [-0.4, -0.2) is 32.0 Å². The number of carbonyl (C=O) groups excluding carboxylic acids is 2. The van der Waals surface area contributed by atoms with Crippen LogP contribution in [0.25, 0.3) is 11.1 Å². The van der Waals surface area contributed by atoms with E-state index in [9.17, 15) is 27.2 Å². The maximum absolute atomic E-state index is 14.7. The van der Waals surface area contributed by atoms with Gasteiger partial charge in [0, 0.05) is 19.3 Å². The van der Waals surface area contributed by atoms with Crippen molar-refractivity contribution in [3.05, 3.63) is 84.2 Å². The van der Waals surface area contributed by atoms with Crippen LogP contribution in [0.1, 0.15) is 18.4 Å². The quantitative estimate of drug-likeness (QED) is 0.283. The number of hydrogen-bond donors (Lipinski definition) is 2. The highest BCUT2D eigenvalue weighted by Crippen LogP contribution is 2.30. The van der Waals surface area contributed by atoms with Gasteiger partial charge in [-0.3, -0.25) is 0 Å². The molecule has 0 aliphatic heterocycles. The van der Waals surface area contributed by atoms with Gasteiger partial charge in [-0.2, -0.15) is 13.2 Å². The van der Waals surface area contributed by atoms with E-state index in [4.69, 9.17) is 0 Å². The molecule has 1 unspecified atom stereocenters. The molecule has 3 rings (SSSR count). The first-order valence-corrected chi connectivity index (χ1v) is 10.9. The Morgan fingerprint density at radius 2 is 1.69 bits per heavy atom. The van der Waals surface area contributed by atoms with Gasteiger partial charge in [-0.05, 0) is 60.4 Å². The van der Waals surface area contributed by atoms with Crippen LogP contribution in [0.3, 0.4) is 0 Å². The van der Waals surface area contributed by atoms with Gasteiger partial charge in [0.05, 0.1) is 17.3 Å². The van der Waals surface area contributed by atoms with Crippen molar-refractivity contribution < 1.29 is 27.2 Å². The van der Waals surface area contributed by atoms with Crippen LogP contribution in [-0.2, 0) is 11.0 Å². The second kappa shape index (κ2) is 11.5.